The minimum Gasteiger partial charge on any atom is -0.302 e. The van der Waals surface area contributed by atoms with Crippen LogP contribution in [0.4, 0.5) is 0 Å². The molecular weight excluding hydrogens is 300 g/mol. The van der Waals surface area contributed by atoms with Gasteiger partial charge in [-0.3, -0.25) is 4.79 Å². The monoisotopic (exact) mass is 330 g/mol. The third-order valence-corrected chi connectivity index (χ3v) is 6.13. The molecule has 4 rings (SSSR count). The highest BCUT2D eigenvalue weighted by atomic mass is 16.1. The number of aromatic nitrogens is 2. The first kappa shape index (κ1) is 16.3. The number of nitrogens with zero attached hydrogens (tertiary/aromatic N) is 4. The molecule has 0 saturated carbocycles. The van der Waals surface area contributed by atoms with Gasteiger partial charge in [-0.15, -0.1) is 0 Å². The molecule has 5 heteroatoms. The van der Waals surface area contributed by atoms with E-state index in [1.807, 2.05) is 6.07 Å². The molecule has 132 valence electrons. The second-order valence-corrected chi connectivity index (χ2v) is 8.06. The van der Waals surface area contributed by atoms with Crippen molar-refractivity contribution in [3.8, 4) is 0 Å². The van der Waals surface area contributed by atoms with Gasteiger partial charge >= 0.3 is 0 Å². The molecule has 2 fully saturated rings. The highest BCUT2D eigenvalue weighted by molar-refractivity contribution is 5.20. The molecule has 5 nitrogen and oxygen atoms in total. The van der Waals surface area contributed by atoms with E-state index >= 15 is 0 Å². The van der Waals surface area contributed by atoms with Crippen LogP contribution in [-0.4, -0.2) is 58.8 Å². The van der Waals surface area contributed by atoms with Crippen LogP contribution in [0.3, 0.4) is 0 Å². The smallest absolute Gasteiger partial charge is 0.267 e. The maximum Gasteiger partial charge on any atom is 0.267 e. The van der Waals surface area contributed by atoms with E-state index in [-0.39, 0.29) is 5.56 Å². The van der Waals surface area contributed by atoms with Gasteiger partial charge in [0.25, 0.3) is 5.56 Å². The number of aryl methyl sites for hydroxylation is 2. The Balaban J connectivity index is 1.31. The fraction of sp³-hybridized carbons (Fsp3) is 0.789. The van der Waals surface area contributed by atoms with Crippen molar-refractivity contribution in [2.24, 2.45) is 5.92 Å². The first-order valence-electron chi connectivity index (χ1n) is 9.71. The summed E-state index contributed by atoms with van der Waals surface area (Å²) in [5.41, 5.74) is 2.46. The molecule has 0 bridgehead atoms. The van der Waals surface area contributed by atoms with Crippen LogP contribution >= 0.6 is 0 Å². The van der Waals surface area contributed by atoms with Crippen LogP contribution in [0.5, 0.6) is 0 Å². The highest BCUT2D eigenvalue weighted by Crippen LogP contribution is 2.22. The Hall–Kier alpha value is -1.20. The third kappa shape index (κ3) is 3.42. The molecule has 1 aliphatic carbocycles. The Bertz CT molecular complexity index is 635. The standard InChI is InChI=1S/C19H30N4O/c1-21-9-5-4-7-17(21)14-22-11-15(12-22)13-23-19(24)10-16-6-2-3-8-18(16)20-23/h10,15,17H,2-9,11-14H2,1H3. The van der Waals surface area contributed by atoms with Gasteiger partial charge < -0.3 is 9.80 Å². The number of fused-ring (bicyclic) bond motifs is 1. The zero-order chi connectivity index (χ0) is 16.5. The van der Waals surface area contributed by atoms with Crippen molar-refractivity contribution in [2.75, 3.05) is 33.2 Å². The molecular formula is C19H30N4O. The Morgan fingerprint density at radius 1 is 1.12 bits per heavy atom. The van der Waals surface area contributed by atoms with Gasteiger partial charge in [-0.1, -0.05) is 6.42 Å². The lowest BCUT2D eigenvalue weighted by atomic mass is 9.95. The lowest BCUT2D eigenvalue weighted by Crippen LogP contribution is -2.54. The average molecular weight is 330 g/mol. The van der Waals surface area contributed by atoms with E-state index in [2.05, 4.69) is 21.9 Å². The van der Waals surface area contributed by atoms with E-state index in [0.717, 1.165) is 38.5 Å². The van der Waals surface area contributed by atoms with Crippen molar-refractivity contribution in [1.29, 1.82) is 0 Å². The summed E-state index contributed by atoms with van der Waals surface area (Å²) in [5.74, 6) is 0.589. The van der Waals surface area contributed by atoms with Gasteiger partial charge in [0.1, 0.15) is 0 Å². The number of hydrogen-bond donors (Lipinski definition) is 0. The first-order chi connectivity index (χ1) is 11.7. The molecule has 2 saturated heterocycles. The van der Waals surface area contributed by atoms with Crippen LogP contribution in [0.25, 0.3) is 0 Å². The normalized spacial score (nSPS) is 26.1. The Labute approximate surface area is 144 Å². The largest absolute Gasteiger partial charge is 0.302 e. The number of likely N-dealkylation sites (N-methyl/N-ethyl adjacent to an activating group) is 1. The van der Waals surface area contributed by atoms with Gasteiger partial charge in [0.15, 0.2) is 0 Å². The topological polar surface area (TPSA) is 41.4 Å². The van der Waals surface area contributed by atoms with Crippen molar-refractivity contribution in [1.82, 2.24) is 19.6 Å². The maximum atomic E-state index is 12.3. The molecule has 0 N–H and O–H groups in total. The number of hydrogen-bond acceptors (Lipinski definition) is 4. The molecule has 2 aliphatic heterocycles. The van der Waals surface area contributed by atoms with Gasteiger partial charge in [0.2, 0.25) is 0 Å². The second-order valence-electron chi connectivity index (χ2n) is 8.06. The summed E-state index contributed by atoms with van der Waals surface area (Å²) in [6, 6.07) is 2.57. The molecule has 0 amide bonds. The SMILES string of the molecule is CN1CCCCC1CN1CC(Cn2nc3c(cc2=O)CCCC3)C1. The van der Waals surface area contributed by atoms with E-state index in [1.54, 1.807) is 4.68 Å². The summed E-state index contributed by atoms with van der Waals surface area (Å²) >= 11 is 0. The number of piperidine rings is 1. The summed E-state index contributed by atoms with van der Waals surface area (Å²) in [6.07, 6.45) is 8.55. The molecule has 1 atom stereocenters. The van der Waals surface area contributed by atoms with Gasteiger partial charge in [-0.05, 0) is 57.7 Å². The quantitative estimate of drug-likeness (QED) is 0.840. The second kappa shape index (κ2) is 6.96. The molecule has 1 aromatic heterocycles. The molecule has 3 aliphatic rings. The van der Waals surface area contributed by atoms with Gasteiger partial charge in [-0.2, -0.15) is 5.10 Å². The van der Waals surface area contributed by atoms with Gasteiger partial charge in [0, 0.05) is 37.7 Å². The van der Waals surface area contributed by atoms with Crippen LogP contribution in [0.15, 0.2) is 10.9 Å². The predicted molar refractivity (Wildman–Crippen MR) is 95.3 cm³/mol. The van der Waals surface area contributed by atoms with Crippen molar-refractivity contribution in [3.05, 3.63) is 27.7 Å². The van der Waals surface area contributed by atoms with Crippen LogP contribution in [-0.2, 0) is 19.4 Å². The lowest BCUT2D eigenvalue weighted by Gasteiger charge is -2.44. The Kier molecular flexibility index (Phi) is 4.72. The minimum atomic E-state index is 0.0983. The van der Waals surface area contributed by atoms with E-state index in [0.29, 0.717) is 5.92 Å². The molecule has 24 heavy (non-hydrogen) atoms. The van der Waals surface area contributed by atoms with Crippen LogP contribution in [0, 0.1) is 5.92 Å². The fourth-order valence-corrected chi connectivity index (χ4v) is 4.59. The summed E-state index contributed by atoms with van der Waals surface area (Å²) in [7, 11) is 2.26. The van der Waals surface area contributed by atoms with Crippen molar-refractivity contribution < 1.29 is 0 Å². The number of rotatable bonds is 4. The molecule has 0 spiro atoms. The summed E-state index contributed by atoms with van der Waals surface area (Å²) in [5, 5.41) is 4.66. The zero-order valence-electron chi connectivity index (χ0n) is 14.9. The van der Waals surface area contributed by atoms with E-state index < -0.39 is 0 Å². The van der Waals surface area contributed by atoms with Crippen LogP contribution in [0.2, 0.25) is 0 Å². The molecule has 3 heterocycles. The molecule has 0 aromatic carbocycles. The molecule has 1 unspecified atom stereocenters. The average Bonchev–Trinajstić information content (AvgIpc) is 2.55. The minimum absolute atomic E-state index is 0.0983. The van der Waals surface area contributed by atoms with Crippen LogP contribution < -0.4 is 5.56 Å². The van der Waals surface area contributed by atoms with E-state index in [1.165, 1.54) is 56.5 Å². The Morgan fingerprint density at radius 2 is 1.96 bits per heavy atom. The summed E-state index contributed by atoms with van der Waals surface area (Å²) in [6.45, 7) is 5.48. The zero-order valence-corrected chi connectivity index (χ0v) is 14.9. The van der Waals surface area contributed by atoms with Gasteiger partial charge in [-0.25, -0.2) is 4.68 Å². The first-order valence-corrected chi connectivity index (χ1v) is 9.71. The highest BCUT2D eigenvalue weighted by Gasteiger charge is 2.31. The predicted octanol–water partition coefficient (Wildman–Crippen LogP) is 1.54. The lowest BCUT2D eigenvalue weighted by molar-refractivity contribution is 0.0426. The van der Waals surface area contributed by atoms with E-state index in [4.69, 9.17) is 0 Å². The third-order valence-electron chi connectivity index (χ3n) is 6.13. The fourth-order valence-electron chi connectivity index (χ4n) is 4.59. The summed E-state index contributed by atoms with van der Waals surface area (Å²) < 4.78 is 1.74. The van der Waals surface area contributed by atoms with E-state index in [9.17, 15) is 4.79 Å². The van der Waals surface area contributed by atoms with Gasteiger partial charge in [0.05, 0.1) is 12.2 Å². The molecule has 1 aromatic rings. The van der Waals surface area contributed by atoms with Crippen molar-refractivity contribution in [2.45, 2.75) is 57.5 Å². The van der Waals surface area contributed by atoms with Crippen molar-refractivity contribution in [3.63, 3.8) is 0 Å². The molecule has 0 radical (unpaired) electrons. The summed E-state index contributed by atoms with van der Waals surface area (Å²) in [4.78, 5) is 17.4. The maximum absolute atomic E-state index is 12.3. The Morgan fingerprint density at radius 3 is 2.79 bits per heavy atom. The van der Waals surface area contributed by atoms with Crippen molar-refractivity contribution >= 4 is 0 Å². The van der Waals surface area contributed by atoms with Crippen LogP contribution in [0.1, 0.15) is 43.4 Å². The number of likely N-dealkylation sites (tertiary alicyclic amines) is 2.